The van der Waals surface area contributed by atoms with Gasteiger partial charge in [-0.2, -0.15) is 0 Å². The molecule has 25 heavy (non-hydrogen) atoms. The summed E-state index contributed by atoms with van der Waals surface area (Å²) in [4.78, 5) is 11.8. The number of amides is 2. The van der Waals surface area contributed by atoms with Crippen LogP contribution in [0.25, 0.3) is 5.69 Å². The van der Waals surface area contributed by atoms with Crippen LogP contribution in [0.5, 0.6) is 0 Å². The lowest BCUT2D eigenvalue weighted by molar-refractivity contribution is 0.0272. The van der Waals surface area contributed by atoms with E-state index >= 15 is 0 Å². The molecule has 0 fully saturated rings. The number of aromatic nitrogens is 3. The Labute approximate surface area is 147 Å². The molecule has 2 rings (SSSR count). The fourth-order valence-corrected chi connectivity index (χ4v) is 2.11. The highest BCUT2D eigenvalue weighted by Gasteiger charge is 2.10. The van der Waals surface area contributed by atoms with Crippen molar-refractivity contribution in [2.24, 2.45) is 5.92 Å². The first-order valence-corrected chi connectivity index (χ1v) is 8.28. The quantitative estimate of drug-likeness (QED) is 0.630. The van der Waals surface area contributed by atoms with Crippen molar-refractivity contribution in [3.63, 3.8) is 0 Å². The van der Waals surface area contributed by atoms with Crippen molar-refractivity contribution in [3.05, 3.63) is 42.5 Å². The summed E-state index contributed by atoms with van der Waals surface area (Å²) in [5, 5.41) is 23.0. The Morgan fingerprint density at radius 2 is 2.00 bits per heavy atom. The molecule has 0 saturated carbocycles. The van der Waals surface area contributed by atoms with E-state index in [1.807, 2.05) is 44.2 Å². The first kappa shape index (κ1) is 18.9. The van der Waals surface area contributed by atoms with E-state index in [1.54, 1.807) is 10.9 Å². The second kappa shape index (κ2) is 9.75. The van der Waals surface area contributed by atoms with E-state index in [2.05, 4.69) is 20.8 Å². The number of aliphatic hydroxyl groups excluding tert-OH is 1. The largest absolute Gasteiger partial charge is 0.389 e. The van der Waals surface area contributed by atoms with Crippen molar-refractivity contribution in [1.82, 2.24) is 25.4 Å². The van der Waals surface area contributed by atoms with Gasteiger partial charge in [-0.25, -0.2) is 4.79 Å². The van der Waals surface area contributed by atoms with Crippen LogP contribution in [0.1, 0.15) is 19.7 Å². The molecule has 1 aromatic heterocycles. The molecule has 8 nitrogen and oxygen atoms in total. The van der Waals surface area contributed by atoms with Gasteiger partial charge in [0.2, 0.25) is 0 Å². The molecule has 1 aromatic carbocycles. The molecule has 8 heteroatoms. The summed E-state index contributed by atoms with van der Waals surface area (Å²) >= 11 is 0. The first-order chi connectivity index (χ1) is 12.1. The Balaban J connectivity index is 1.73. The maximum atomic E-state index is 11.8. The summed E-state index contributed by atoms with van der Waals surface area (Å²) in [5.74, 6) is 1.02. The normalized spacial score (nSPS) is 12.2. The highest BCUT2D eigenvalue weighted by molar-refractivity contribution is 5.73. The van der Waals surface area contributed by atoms with Crippen LogP contribution in [0.2, 0.25) is 0 Å². The lowest BCUT2D eigenvalue weighted by Crippen LogP contribution is -2.41. The molecule has 136 valence electrons. The average Bonchev–Trinajstić information content (AvgIpc) is 3.07. The van der Waals surface area contributed by atoms with E-state index in [0.29, 0.717) is 18.3 Å². The van der Waals surface area contributed by atoms with Crippen molar-refractivity contribution in [3.8, 4) is 5.69 Å². The standard InChI is InChI=1S/C17H25N5O3/c1-13(2)10-25-11-15(23)8-18-17(24)19-9-16-21-20-12-22(16)14-6-4-3-5-7-14/h3-7,12-13,15,23H,8-11H2,1-2H3,(H2,18,19,24)/t15-/m1/s1. The van der Waals surface area contributed by atoms with Gasteiger partial charge in [-0.15, -0.1) is 10.2 Å². The molecule has 0 aliphatic rings. The Morgan fingerprint density at radius 1 is 1.24 bits per heavy atom. The van der Waals surface area contributed by atoms with Gasteiger partial charge in [0, 0.05) is 18.8 Å². The van der Waals surface area contributed by atoms with Gasteiger partial charge in [0.25, 0.3) is 0 Å². The number of hydrogen-bond acceptors (Lipinski definition) is 5. The van der Waals surface area contributed by atoms with Crippen molar-refractivity contribution >= 4 is 6.03 Å². The molecule has 0 spiro atoms. The van der Waals surface area contributed by atoms with E-state index in [-0.39, 0.29) is 25.7 Å². The predicted molar refractivity (Wildman–Crippen MR) is 93.3 cm³/mol. The molecule has 0 bridgehead atoms. The van der Waals surface area contributed by atoms with Crippen LogP contribution < -0.4 is 10.6 Å². The number of nitrogens with one attached hydrogen (secondary N) is 2. The minimum atomic E-state index is -0.738. The van der Waals surface area contributed by atoms with E-state index in [0.717, 1.165) is 5.69 Å². The van der Waals surface area contributed by atoms with E-state index in [9.17, 15) is 9.90 Å². The number of carbonyl (C=O) groups excluding carboxylic acids is 1. The molecule has 0 unspecified atom stereocenters. The number of ether oxygens (including phenoxy) is 1. The second-order valence-electron chi connectivity index (χ2n) is 6.10. The van der Waals surface area contributed by atoms with Gasteiger partial charge in [-0.3, -0.25) is 4.57 Å². The highest BCUT2D eigenvalue weighted by atomic mass is 16.5. The van der Waals surface area contributed by atoms with Crippen molar-refractivity contribution in [2.45, 2.75) is 26.5 Å². The summed E-state index contributed by atoms with van der Waals surface area (Å²) in [6.07, 6.45) is 0.859. The lowest BCUT2D eigenvalue weighted by Gasteiger charge is -2.14. The molecule has 0 aliphatic carbocycles. The van der Waals surface area contributed by atoms with Gasteiger partial charge >= 0.3 is 6.03 Å². The molecule has 0 aliphatic heterocycles. The van der Waals surface area contributed by atoms with Crippen LogP contribution in [0, 0.1) is 5.92 Å². The van der Waals surface area contributed by atoms with Crippen LogP contribution in [0.3, 0.4) is 0 Å². The number of hydrogen-bond donors (Lipinski definition) is 3. The van der Waals surface area contributed by atoms with Gasteiger partial charge < -0.3 is 20.5 Å². The number of rotatable bonds is 9. The van der Waals surface area contributed by atoms with Crippen LogP contribution in [0.4, 0.5) is 4.79 Å². The Kier molecular flexibility index (Phi) is 7.36. The zero-order chi connectivity index (χ0) is 18.1. The van der Waals surface area contributed by atoms with Gasteiger partial charge in [-0.05, 0) is 18.1 Å². The minimum Gasteiger partial charge on any atom is -0.389 e. The third-order valence-electron chi connectivity index (χ3n) is 3.32. The number of carbonyl (C=O) groups is 1. The lowest BCUT2D eigenvalue weighted by atomic mass is 10.2. The van der Waals surface area contributed by atoms with Crippen LogP contribution in [0.15, 0.2) is 36.7 Å². The maximum Gasteiger partial charge on any atom is 0.315 e. The Morgan fingerprint density at radius 3 is 2.72 bits per heavy atom. The Bertz CT molecular complexity index is 645. The third kappa shape index (κ3) is 6.52. The van der Waals surface area contributed by atoms with Crippen LogP contribution in [-0.4, -0.2) is 51.8 Å². The van der Waals surface area contributed by atoms with Gasteiger partial charge in [0.15, 0.2) is 5.82 Å². The van der Waals surface area contributed by atoms with E-state index in [1.165, 1.54) is 0 Å². The van der Waals surface area contributed by atoms with Crippen molar-refractivity contribution in [2.75, 3.05) is 19.8 Å². The molecule has 2 amide bonds. The van der Waals surface area contributed by atoms with Gasteiger partial charge in [0.05, 0.1) is 19.3 Å². The third-order valence-corrected chi connectivity index (χ3v) is 3.32. The predicted octanol–water partition coefficient (Wildman–Crippen LogP) is 1.10. The van der Waals surface area contributed by atoms with Crippen LogP contribution >= 0.6 is 0 Å². The van der Waals surface area contributed by atoms with Crippen molar-refractivity contribution in [1.29, 1.82) is 0 Å². The second-order valence-corrected chi connectivity index (χ2v) is 6.10. The van der Waals surface area contributed by atoms with Crippen molar-refractivity contribution < 1.29 is 14.6 Å². The fourth-order valence-electron chi connectivity index (χ4n) is 2.11. The number of aliphatic hydroxyl groups is 1. The highest BCUT2D eigenvalue weighted by Crippen LogP contribution is 2.08. The fraction of sp³-hybridized carbons (Fsp3) is 0.471. The first-order valence-electron chi connectivity index (χ1n) is 8.28. The Hall–Kier alpha value is -2.45. The smallest absolute Gasteiger partial charge is 0.315 e. The van der Waals surface area contributed by atoms with E-state index < -0.39 is 6.10 Å². The van der Waals surface area contributed by atoms with Gasteiger partial charge in [-0.1, -0.05) is 32.0 Å². The molecule has 0 radical (unpaired) electrons. The summed E-state index contributed by atoms with van der Waals surface area (Å²) < 4.78 is 7.13. The zero-order valence-corrected chi connectivity index (χ0v) is 14.6. The monoisotopic (exact) mass is 347 g/mol. The molecule has 1 atom stereocenters. The molecule has 3 N–H and O–H groups in total. The average molecular weight is 347 g/mol. The summed E-state index contributed by atoms with van der Waals surface area (Å²) in [6, 6.07) is 9.24. The van der Waals surface area contributed by atoms with Crippen LogP contribution in [-0.2, 0) is 11.3 Å². The summed E-state index contributed by atoms with van der Waals surface area (Å²) in [7, 11) is 0. The molecule has 2 aromatic rings. The number of urea groups is 1. The molecular formula is C17H25N5O3. The SMILES string of the molecule is CC(C)COC[C@H](O)CNC(=O)NCc1nncn1-c1ccccc1. The van der Waals surface area contributed by atoms with Gasteiger partial charge in [0.1, 0.15) is 6.33 Å². The number of benzene rings is 1. The zero-order valence-electron chi connectivity index (χ0n) is 14.6. The molecular weight excluding hydrogens is 322 g/mol. The maximum absolute atomic E-state index is 11.8. The number of nitrogens with zero attached hydrogens (tertiary/aromatic N) is 3. The molecule has 0 saturated heterocycles. The number of para-hydroxylation sites is 1. The summed E-state index contributed by atoms with van der Waals surface area (Å²) in [6.45, 7) is 5.19. The minimum absolute atomic E-state index is 0.120. The summed E-state index contributed by atoms with van der Waals surface area (Å²) in [5.41, 5.74) is 0.919. The molecule has 1 heterocycles. The van der Waals surface area contributed by atoms with E-state index in [4.69, 9.17) is 4.74 Å². The topological polar surface area (TPSA) is 101 Å².